The molecule has 2 aromatic carbocycles. The molecule has 1 aliphatic carbocycles. The number of amides is 1. The predicted molar refractivity (Wildman–Crippen MR) is 119 cm³/mol. The summed E-state index contributed by atoms with van der Waals surface area (Å²) in [6, 6.07) is 12.5. The Kier molecular flexibility index (Phi) is 7.11. The molecule has 34 heavy (non-hydrogen) atoms. The molecule has 0 spiro atoms. The fraction of sp³-hybridized carbons (Fsp3) is 0.250. The molecule has 10 heteroatoms. The summed E-state index contributed by atoms with van der Waals surface area (Å²) in [7, 11) is 2.96. The van der Waals surface area contributed by atoms with Gasteiger partial charge in [-0.05, 0) is 48.5 Å². The highest BCUT2D eigenvalue weighted by atomic mass is 19.1. The molecule has 1 fully saturated rings. The fourth-order valence-electron chi connectivity index (χ4n) is 4.17. The van der Waals surface area contributed by atoms with E-state index < -0.39 is 47.7 Å². The molecular weight excluding hydrogens is 449 g/mol. The van der Waals surface area contributed by atoms with Crippen molar-refractivity contribution in [1.82, 2.24) is 15.8 Å². The van der Waals surface area contributed by atoms with Gasteiger partial charge in [-0.3, -0.25) is 15.2 Å². The van der Waals surface area contributed by atoms with Crippen LogP contribution in [0.15, 0.2) is 66.9 Å². The summed E-state index contributed by atoms with van der Waals surface area (Å²) in [6.07, 6.45) is 0.346. The summed E-state index contributed by atoms with van der Waals surface area (Å²) in [6.45, 7) is 0. The van der Waals surface area contributed by atoms with Crippen LogP contribution in [0.1, 0.15) is 10.5 Å². The number of hydrogen-bond acceptors (Lipinski definition) is 6. The van der Waals surface area contributed by atoms with Gasteiger partial charge in [0, 0.05) is 37.9 Å². The van der Waals surface area contributed by atoms with Crippen molar-refractivity contribution < 1.29 is 27.4 Å². The van der Waals surface area contributed by atoms with E-state index in [2.05, 4.69) is 15.8 Å². The van der Waals surface area contributed by atoms with Crippen LogP contribution in [0.2, 0.25) is 0 Å². The van der Waals surface area contributed by atoms with Crippen LogP contribution in [0.3, 0.4) is 0 Å². The predicted octanol–water partition coefficient (Wildman–Crippen LogP) is 3.35. The zero-order valence-electron chi connectivity index (χ0n) is 18.4. The Morgan fingerprint density at radius 2 is 1.53 bits per heavy atom. The topological polar surface area (TPSA) is 75.7 Å². The van der Waals surface area contributed by atoms with Crippen LogP contribution in [-0.4, -0.2) is 49.4 Å². The second-order valence-electron chi connectivity index (χ2n) is 7.70. The van der Waals surface area contributed by atoms with Crippen LogP contribution in [0, 0.1) is 17.5 Å². The first-order valence-corrected chi connectivity index (χ1v) is 10.5. The number of pyridine rings is 1. The van der Waals surface area contributed by atoms with Gasteiger partial charge in [0.15, 0.2) is 0 Å². The first-order valence-electron chi connectivity index (χ1n) is 10.5. The third-order valence-corrected chi connectivity index (χ3v) is 5.70. The molecule has 0 saturated heterocycles. The number of carbonyl (C=O) groups is 1. The normalized spacial score (nSPS) is 21.6. The summed E-state index contributed by atoms with van der Waals surface area (Å²) >= 11 is 0. The summed E-state index contributed by atoms with van der Waals surface area (Å²) in [5.74, 6) is -2.43. The smallest absolute Gasteiger partial charge is 0.283 e. The third kappa shape index (κ3) is 4.74. The second kappa shape index (κ2) is 10.2. The van der Waals surface area contributed by atoms with Crippen molar-refractivity contribution in [2.75, 3.05) is 19.1 Å². The maximum atomic E-state index is 14.1. The van der Waals surface area contributed by atoms with Crippen LogP contribution >= 0.6 is 0 Å². The SMILES string of the molecule is COC1C(NNC(=O)c2ccccn2)C(OC)C1N(c1ccc(F)cc1)c1cc(F)cc(F)c1. The van der Waals surface area contributed by atoms with E-state index in [0.29, 0.717) is 5.69 Å². The molecule has 7 nitrogen and oxygen atoms in total. The van der Waals surface area contributed by atoms with Gasteiger partial charge in [-0.25, -0.2) is 18.6 Å². The van der Waals surface area contributed by atoms with E-state index in [9.17, 15) is 18.0 Å². The van der Waals surface area contributed by atoms with E-state index in [4.69, 9.17) is 9.47 Å². The Morgan fingerprint density at radius 1 is 0.882 bits per heavy atom. The van der Waals surface area contributed by atoms with E-state index in [0.717, 1.165) is 6.07 Å². The maximum absolute atomic E-state index is 14.1. The van der Waals surface area contributed by atoms with Gasteiger partial charge in [-0.2, -0.15) is 0 Å². The zero-order valence-corrected chi connectivity index (χ0v) is 18.4. The summed E-state index contributed by atoms with van der Waals surface area (Å²) in [5, 5.41) is 0. The number of carbonyl (C=O) groups excluding carboxylic acids is 1. The van der Waals surface area contributed by atoms with Gasteiger partial charge >= 0.3 is 0 Å². The lowest BCUT2D eigenvalue weighted by atomic mass is 9.77. The average molecular weight is 472 g/mol. The maximum Gasteiger partial charge on any atom is 0.283 e. The van der Waals surface area contributed by atoms with Gasteiger partial charge in [0.2, 0.25) is 0 Å². The Hall–Kier alpha value is -3.47. The highest BCUT2D eigenvalue weighted by Gasteiger charge is 2.55. The minimum absolute atomic E-state index is 0.203. The number of rotatable bonds is 8. The second-order valence-corrected chi connectivity index (χ2v) is 7.70. The molecule has 0 radical (unpaired) electrons. The van der Waals surface area contributed by atoms with Crippen LogP contribution in [-0.2, 0) is 9.47 Å². The molecule has 4 rings (SSSR count). The quantitative estimate of drug-likeness (QED) is 0.490. The van der Waals surface area contributed by atoms with Gasteiger partial charge < -0.3 is 14.4 Å². The number of nitrogens with zero attached hydrogens (tertiary/aromatic N) is 2. The van der Waals surface area contributed by atoms with Crippen molar-refractivity contribution >= 4 is 17.3 Å². The molecule has 2 N–H and O–H groups in total. The Morgan fingerprint density at radius 3 is 2.09 bits per heavy atom. The van der Waals surface area contributed by atoms with Gasteiger partial charge in [0.1, 0.15) is 35.4 Å². The molecular formula is C24H23F3N4O3. The summed E-state index contributed by atoms with van der Waals surface area (Å²) < 4.78 is 53.2. The van der Waals surface area contributed by atoms with Gasteiger partial charge in [-0.15, -0.1) is 0 Å². The highest BCUT2D eigenvalue weighted by Crippen LogP contribution is 2.40. The highest BCUT2D eigenvalue weighted by molar-refractivity contribution is 5.91. The Bertz CT molecular complexity index is 1100. The number of benzene rings is 2. The largest absolute Gasteiger partial charge is 0.377 e. The van der Waals surface area contributed by atoms with Gasteiger partial charge in [0.25, 0.3) is 5.91 Å². The van der Waals surface area contributed by atoms with Crippen LogP contribution in [0.25, 0.3) is 0 Å². The summed E-state index contributed by atoms with van der Waals surface area (Å²) in [5.41, 5.74) is 6.41. The molecule has 1 aromatic heterocycles. The minimum Gasteiger partial charge on any atom is -0.377 e. The molecule has 3 aromatic rings. The van der Waals surface area contributed by atoms with Crippen LogP contribution < -0.4 is 15.8 Å². The zero-order chi connectivity index (χ0) is 24.2. The third-order valence-electron chi connectivity index (χ3n) is 5.70. The molecule has 2 atom stereocenters. The Labute approximate surface area is 194 Å². The molecule has 1 heterocycles. The van der Waals surface area contributed by atoms with E-state index in [1.807, 2.05) is 0 Å². The Balaban J connectivity index is 1.63. The number of methoxy groups -OCH3 is 2. The molecule has 1 aliphatic rings. The molecule has 1 amide bonds. The van der Waals surface area contributed by atoms with Crippen molar-refractivity contribution in [1.29, 1.82) is 0 Å². The lowest BCUT2D eigenvalue weighted by Gasteiger charge is -2.54. The number of ether oxygens (including phenoxy) is 2. The van der Waals surface area contributed by atoms with E-state index in [1.54, 1.807) is 23.1 Å². The molecule has 0 aliphatic heterocycles. The molecule has 1 saturated carbocycles. The minimum atomic E-state index is -0.762. The van der Waals surface area contributed by atoms with Crippen molar-refractivity contribution in [3.63, 3.8) is 0 Å². The monoisotopic (exact) mass is 472 g/mol. The average Bonchev–Trinajstić information content (AvgIpc) is 2.82. The molecule has 0 bridgehead atoms. The van der Waals surface area contributed by atoms with Gasteiger partial charge in [0.05, 0.1) is 12.1 Å². The number of hydrogen-bond donors (Lipinski definition) is 2. The van der Waals surface area contributed by atoms with Crippen molar-refractivity contribution in [2.24, 2.45) is 0 Å². The van der Waals surface area contributed by atoms with Crippen molar-refractivity contribution in [3.8, 4) is 0 Å². The first kappa shape index (κ1) is 23.7. The van der Waals surface area contributed by atoms with E-state index in [1.165, 1.54) is 56.8 Å². The van der Waals surface area contributed by atoms with Crippen LogP contribution in [0.4, 0.5) is 24.5 Å². The molecule has 178 valence electrons. The molecule has 2 unspecified atom stereocenters. The standard InChI is InChI=1S/C24H23F3N4O3/c1-33-22-20(29-30-24(32)19-5-3-4-10-28-19)23(34-2)21(22)31(17-8-6-14(25)7-9-17)18-12-15(26)11-16(27)13-18/h3-13,20-23,29H,1-2H3,(H,30,32). The van der Waals surface area contributed by atoms with E-state index >= 15 is 0 Å². The first-order chi connectivity index (χ1) is 16.4. The number of halogens is 3. The number of anilines is 2. The number of aromatic nitrogens is 1. The van der Waals surface area contributed by atoms with Gasteiger partial charge in [-0.1, -0.05) is 6.07 Å². The van der Waals surface area contributed by atoms with E-state index in [-0.39, 0.29) is 11.4 Å². The fourth-order valence-corrected chi connectivity index (χ4v) is 4.17. The number of hydrazine groups is 1. The number of nitrogens with one attached hydrogen (secondary N) is 2. The van der Waals surface area contributed by atoms with Crippen LogP contribution in [0.5, 0.6) is 0 Å². The summed E-state index contributed by atoms with van der Waals surface area (Å²) in [4.78, 5) is 18.0. The van der Waals surface area contributed by atoms with Crippen molar-refractivity contribution in [3.05, 3.63) is 90.0 Å². The van der Waals surface area contributed by atoms with Crippen molar-refractivity contribution in [2.45, 2.75) is 24.3 Å². The lowest BCUT2D eigenvalue weighted by Crippen LogP contribution is -2.76. The lowest BCUT2D eigenvalue weighted by molar-refractivity contribution is -0.121.